The van der Waals surface area contributed by atoms with Crippen molar-refractivity contribution in [2.45, 2.75) is 45.4 Å². The SMILES string of the molecule is C[C@@H]1CO[C@@H](COS(C)(=O)=O)CN1C(=O)OC(C)(C)C. The van der Waals surface area contributed by atoms with Crippen LogP contribution in [0.3, 0.4) is 0 Å². The molecule has 7 nitrogen and oxygen atoms in total. The summed E-state index contributed by atoms with van der Waals surface area (Å²) in [5.41, 5.74) is -0.576. The van der Waals surface area contributed by atoms with Crippen LogP contribution in [0.1, 0.15) is 27.7 Å². The van der Waals surface area contributed by atoms with Crippen molar-refractivity contribution in [2.24, 2.45) is 0 Å². The van der Waals surface area contributed by atoms with Crippen LogP contribution in [-0.4, -0.2) is 63.2 Å². The minimum Gasteiger partial charge on any atom is -0.444 e. The number of hydrogen-bond acceptors (Lipinski definition) is 6. The molecule has 0 aromatic heterocycles. The van der Waals surface area contributed by atoms with E-state index in [0.717, 1.165) is 6.26 Å². The van der Waals surface area contributed by atoms with Crippen molar-refractivity contribution in [2.75, 3.05) is 26.0 Å². The molecule has 0 spiro atoms. The van der Waals surface area contributed by atoms with Gasteiger partial charge in [0.05, 0.1) is 32.1 Å². The Morgan fingerprint density at radius 3 is 2.50 bits per heavy atom. The average Bonchev–Trinajstić information content (AvgIpc) is 2.24. The van der Waals surface area contributed by atoms with E-state index < -0.39 is 27.9 Å². The number of ether oxygens (including phenoxy) is 2. The van der Waals surface area contributed by atoms with E-state index in [-0.39, 0.29) is 19.2 Å². The Balaban J connectivity index is 2.60. The zero-order valence-electron chi connectivity index (χ0n) is 12.6. The summed E-state index contributed by atoms with van der Waals surface area (Å²) in [5.74, 6) is 0. The predicted molar refractivity (Wildman–Crippen MR) is 72.9 cm³/mol. The molecular weight excluding hydrogens is 286 g/mol. The first-order chi connectivity index (χ1) is 8.98. The van der Waals surface area contributed by atoms with Gasteiger partial charge in [-0.3, -0.25) is 4.18 Å². The maximum absolute atomic E-state index is 12.1. The Kier molecular flexibility index (Phi) is 5.39. The minimum atomic E-state index is -3.52. The van der Waals surface area contributed by atoms with Crippen LogP contribution in [0.25, 0.3) is 0 Å². The van der Waals surface area contributed by atoms with Gasteiger partial charge >= 0.3 is 6.09 Å². The molecule has 0 N–H and O–H groups in total. The number of nitrogens with zero attached hydrogens (tertiary/aromatic N) is 1. The maximum Gasteiger partial charge on any atom is 0.410 e. The van der Waals surface area contributed by atoms with Crippen LogP contribution < -0.4 is 0 Å². The van der Waals surface area contributed by atoms with Crippen LogP contribution >= 0.6 is 0 Å². The Bertz CT molecular complexity index is 441. The van der Waals surface area contributed by atoms with Gasteiger partial charge in [0, 0.05) is 0 Å². The molecule has 8 heteroatoms. The summed E-state index contributed by atoms with van der Waals surface area (Å²) in [7, 11) is -3.52. The lowest BCUT2D eigenvalue weighted by Crippen LogP contribution is -2.53. The fourth-order valence-electron chi connectivity index (χ4n) is 1.69. The molecule has 0 aromatic rings. The molecule has 1 aliphatic heterocycles. The molecule has 2 atom stereocenters. The molecule has 1 heterocycles. The molecule has 0 unspecified atom stereocenters. The lowest BCUT2D eigenvalue weighted by Gasteiger charge is -2.38. The highest BCUT2D eigenvalue weighted by Crippen LogP contribution is 2.17. The second kappa shape index (κ2) is 6.28. The van der Waals surface area contributed by atoms with Crippen molar-refractivity contribution in [3.05, 3.63) is 0 Å². The van der Waals surface area contributed by atoms with Gasteiger partial charge in [0.15, 0.2) is 0 Å². The summed E-state index contributed by atoms with van der Waals surface area (Å²) in [4.78, 5) is 13.6. The molecule has 20 heavy (non-hydrogen) atoms. The molecule has 1 aliphatic rings. The lowest BCUT2D eigenvalue weighted by atomic mass is 10.2. The predicted octanol–water partition coefficient (Wildman–Crippen LogP) is 0.987. The van der Waals surface area contributed by atoms with E-state index in [1.807, 2.05) is 6.92 Å². The fraction of sp³-hybridized carbons (Fsp3) is 0.917. The minimum absolute atomic E-state index is 0.106. The largest absolute Gasteiger partial charge is 0.444 e. The first-order valence-corrected chi connectivity index (χ1v) is 8.25. The topological polar surface area (TPSA) is 82.1 Å². The van der Waals surface area contributed by atoms with Gasteiger partial charge in [0.1, 0.15) is 11.7 Å². The summed E-state index contributed by atoms with van der Waals surface area (Å²) in [6, 6.07) is -0.126. The van der Waals surface area contributed by atoms with Gasteiger partial charge < -0.3 is 14.4 Å². The Hall–Kier alpha value is -0.860. The standard InChI is InChI=1S/C12H23NO6S/c1-9-7-17-10(8-18-20(5,15)16)6-13(9)11(14)19-12(2,3)4/h9-10H,6-8H2,1-5H3/t9-,10-/m1/s1. The van der Waals surface area contributed by atoms with Crippen LogP contribution in [0.4, 0.5) is 4.79 Å². The number of amides is 1. The zero-order valence-corrected chi connectivity index (χ0v) is 13.4. The maximum atomic E-state index is 12.1. The van der Waals surface area contributed by atoms with E-state index in [1.54, 1.807) is 20.8 Å². The second-order valence-corrected chi connectivity index (χ2v) is 7.57. The van der Waals surface area contributed by atoms with Gasteiger partial charge in [0.25, 0.3) is 10.1 Å². The Morgan fingerprint density at radius 2 is 2.00 bits per heavy atom. The summed E-state index contributed by atoms with van der Waals surface area (Å²) >= 11 is 0. The molecule has 0 aliphatic carbocycles. The third kappa shape index (κ3) is 6.06. The number of carbonyl (C=O) groups is 1. The molecule has 1 fully saturated rings. The van der Waals surface area contributed by atoms with Crippen LogP contribution in [0, 0.1) is 0 Å². The molecule has 0 radical (unpaired) electrons. The highest BCUT2D eigenvalue weighted by Gasteiger charge is 2.33. The third-order valence-electron chi connectivity index (χ3n) is 2.60. The van der Waals surface area contributed by atoms with E-state index in [2.05, 4.69) is 0 Å². The van der Waals surface area contributed by atoms with Crippen LogP contribution in [0.15, 0.2) is 0 Å². The number of carbonyl (C=O) groups excluding carboxylic acids is 1. The fourth-order valence-corrected chi connectivity index (χ4v) is 2.09. The third-order valence-corrected chi connectivity index (χ3v) is 3.17. The van der Waals surface area contributed by atoms with Crippen molar-refractivity contribution in [1.82, 2.24) is 4.90 Å². The number of rotatable bonds is 3. The van der Waals surface area contributed by atoms with Gasteiger partial charge in [-0.25, -0.2) is 4.79 Å². The first-order valence-electron chi connectivity index (χ1n) is 6.43. The molecule has 0 saturated carbocycles. The molecule has 0 aromatic carbocycles. The molecule has 0 bridgehead atoms. The molecular formula is C12H23NO6S. The molecule has 1 rings (SSSR count). The lowest BCUT2D eigenvalue weighted by molar-refractivity contribution is -0.0767. The summed E-state index contributed by atoms with van der Waals surface area (Å²) in [6.07, 6.45) is 0.0653. The van der Waals surface area contributed by atoms with Gasteiger partial charge in [0.2, 0.25) is 0 Å². The smallest absolute Gasteiger partial charge is 0.410 e. The van der Waals surface area contributed by atoms with Crippen LogP contribution in [-0.2, 0) is 23.8 Å². The number of hydrogen-bond donors (Lipinski definition) is 0. The van der Waals surface area contributed by atoms with E-state index in [0.29, 0.717) is 6.61 Å². The normalized spacial score (nSPS) is 24.6. The molecule has 118 valence electrons. The Labute approximate surface area is 120 Å². The van der Waals surface area contributed by atoms with Crippen molar-refractivity contribution >= 4 is 16.2 Å². The van der Waals surface area contributed by atoms with E-state index in [4.69, 9.17) is 13.7 Å². The average molecular weight is 309 g/mol. The van der Waals surface area contributed by atoms with Crippen molar-refractivity contribution in [3.8, 4) is 0 Å². The van der Waals surface area contributed by atoms with E-state index in [1.165, 1.54) is 4.90 Å². The molecule has 1 amide bonds. The Morgan fingerprint density at radius 1 is 1.40 bits per heavy atom. The highest BCUT2D eigenvalue weighted by molar-refractivity contribution is 7.85. The van der Waals surface area contributed by atoms with Crippen molar-refractivity contribution in [3.63, 3.8) is 0 Å². The van der Waals surface area contributed by atoms with Crippen molar-refractivity contribution in [1.29, 1.82) is 0 Å². The highest BCUT2D eigenvalue weighted by atomic mass is 32.2. The van der Waals surface area contributed by atoms with Gasteiger partial charge in [-0.15, -0.1) is 0 Å². The van der Waals surface area contributed by atoms with Crippen molar-refractivity contribution < 1.29 is 26.9 Å². The summed E-state index contributed by atoms with van der Waals surface area (Å²) < 4.78 is 37.4. The quantitative estimate of drug-likeness (QED) is 0.723. The zero-order chi connectivity index (χ0) is 15.6. The second-order valence-electron chi connectivity index (χ2n) is 5.93. The van der Waals surface area contributed by atoms with Gasteiger partial charge in [-0.2, -0.15) is 8.42 Å². The molecule has 1 saturated heterocycles. The van der Waals surface area contributed by atoms with Gasteiger partial charge in [-0.05, 0) is 27.7 Å². The number of morpholine rings is 1. The monoisotopic (exact) mass is 309 g/mol. The van der Waals surface area contributed by atoms with Crippen LogP contribution in [0.2, 0.25) is 0 Å². The van der Waals surface area contributed by atoms with E-state index >= 15 is 0 Å². The van der Waals surface area contributed by atoms with Gasteiger partial charge in [-0.1, -0.05) is 0 Å². The first kappa shape index (κ1) is 17.2. The summed E-state index contributed by atoms with van der Waals surface area (Å²) in [6.45, 7) is 7.67. The summed E-state index contributed by atoms with van der Waals surface area (Å²) in [5, 5.41) is 0. The van der Waals surface area contributed by atoms with E-state index in [9.17, 15) is 13.2 Å². The van der Waals surface area contributed by atoms with Crippen LogP contribution in [0.5, 0.6) is 0 Å².